The van der Waals surface area contributed by atoms with Crippen molar-refractivity contribution in [3.05, 3.63) is 69.7 Å². The Balaban J connectivity index is 2.27. The number of ketones is 1. The molecule has 0 fully saturated rings. The summed E-state index contributed by atoms with van der Waals surface area (Å²) in [5, 5.41) is 0.854. The highest BCUT2D eigenvalue weighted by molar-refractivity contribution is 6.36. The molecule has 0 N–H and O–H groups in total. The van der Waals surface area contributed by atoms with E-state index in [-0.39, 0.29) is 5.78 Å². The third-order valence-corrected chi connectivity index (χ3v) is 3.31. The molecule has 0 saturated heterocycles. The van der Waals surface area contributed by atoms with Gasteiger partial charge < -0.3 is 4.74 Å². The topological polar surface area (TPSA) is 26.3 Å². The number of benzene rings is 2. The standard InChI is InChI=1S/C16H12Cl2O2/c1-20-16-5-3-2-4-11(16)6-9-15(19)13-10-12(17)7-8-14(13)18/h2-10H,1H3. The van der Waals surface area contributed by atoms with Gasteiger partial charge in [-0.05, 0) is 36.4 Å². The number of rotatable bonds is 4. The van der Waals surface area contributed by atoms with Gasteiger partial charge in [0.05, 0.1) is 12.1 Å². The van der Waals surface area contributed by atoms with Gasteiger partial charge in [-0.1, -0.05) is 41.4 Å². The Morgan fingerprint density at radius 3 is 2.65 bits per heavy atom. The molecular weight excluding hydrogens is 295 g/mol. The van der Waals surface area contributed by atoms with Crippen LogP contribution < -0.4 is 4.74 Å². The van der Waals surface area contributed by atoms with Crippen LogP contribution >= 0.6 is 23.2 Å². The van der Waals surface area contributed by atoms with Crippen molar-refractivity contribution < 1.29 is 9.53 Å². The van der Waals surface area contributed by atoms with Crippen molar-refractivity contribution >= 4 is 35.1 Å². The van der Waals surface area contributed by atoms with Gasteiger partial charge in [0.15, 0.2) is 5.78 Å². The van der Waals surface area contributed by atoms with E-state index in [0.29, 0.717) is 21.4 Å². The lowest BCUT2D eigenvalue weighted by molar-refractivity contribution is 0.104. The largest absolute Gasteiger partial charge is 0.496 e. The van der Waals surface area contributed by atoms with E-state index >= 15 is 0 Å². The molecule has 4 heteroatoms. The molecule has 0 unspecified atom stereocenters. The fourth-order valence-corrected chi connectivity index (χ4v) is 2.13. The maximum Gasteiger partial charge on any atom is 0.187 e. The lowest BCUT2D eigenvalue weighted by Crippen LogP contribution is -1.95. The SMILES string of the molecule is COc1ccccc1C=CC(=O)c1cc(Cl)ccc1Cl. The first-order chi connectivity index (χ1) is 9.61. The molecule has 0 atom stereocenters. The Labute approximate surface area is 127 Å². The molecular formula is C16H12Cl2O2. The smallest absolute Gasteiger partial charge is 0.187 e. The van der Waals surface area contributed by atoms with Crippen molar-refractivity contribution in [2.45, 2.75) is 0 Å². The Morgan fingerprint density at radius 1 is 1.15 bits per heavy atom. The molecule has 20 heavy (non-hydrogen) atoms. The molecule has 2 rings (SSSR count). The molecule has 0 amide bonds. The van der Waals surface area contributed by atoms with Crippen LogP contribution in [0.25, 0.3) is 6.08 Å². The minimum atomic E-state index is -0.205. The second-order valence-electron chi connectivity index (χ2n) is 4.06. The minimum Gasteiger partial charge on any atom is -0.496 e. The van der Waals surface area contributed by atoms with Crippen molar-refractivity contribution in [2.24, 2.45) is 0 Å². The molecule has 102 valence electrons. The average molecular weight is 307 g/mol. The number of carbonyl (C=O) groups excluding carboxylic acids is 1. The number of hydrogen-bond acceptors (Lipinski definition) is 2. The maximum absolute atomic E-state index is 12.1. The van der Waals surface area contributed by atoms with Gasteiger partial charge in [0.25, 0.3) is 0 Å². The average Bonchev–Trinajstić information content (AvgIpc) is 2.47. The molecule has 2 aromatic carbocycles. The van der Waals surface area contributed by atoms with Gasteiger partial charge in [0, 0.05) is 16.1 Å². The Morgan fingerprint density at radius 2 is 1.90 bits per heavy atom. The van der Waals surface area contributed by atoms with E-state index in [9.17, 15) is 4.79 Å². The van der Waals surface area contributed by atoms with Crippen LogP contribution in [0.4, 0.5) is 0 Å². The number of hydrogen-bond donors (Lipinski definition) is 0. The van der Waals surface area contributed by atoms with E-state index in [2.05, 4.69) is 0 Å². The number of carbonyl (C=O) groups is 1. The van der Waals surface area contributed by atoms with Crippen molar-refractivity contribution in [1.82, 2.24) is 0 Å². The highest BCUT2D eigenvalue weighted by atomic mass is 35.5. The highest BCUT2D eigenvalue weighted by Crippen LogP contribution is 2.23. The van der Waals surface area contributed by atoms with Gasteiger partial charge in [-0.3, -0.25) is 4.79 Å². The van der Waals surface area contributed by atoms with Crippen LogP contribution in [0.2, 0.25) is 10.0 Å². The van der Waals surface area contributed by atoms with Crippen LogP contribution in [0, 0.1) is 0 Å². The third-order valence-electron chi connectivity index (χ3n) is 2.75. The molecule has 0 bridgehead atoms. The van der Waals surface area contributed by atoms with Crippen LogP contribution in [-0.2, 0) is 0 Å². The summed E-state index contributed by atoms with van der Waals surface area (Å²) in [5.74, 6) is 0.497. The van der Waals surface area contributed by atoms with Gasteiger partial charge in [0.2, 0.25) is 0 Å². The number of ether oxygens (including phenoxy) is 1. The zero-order chi connectivity index (χ0) is 14.5. The number of methoxy groups -OCH3 is 1. The van der Waals surface area contributed by atoms with Crippen molar-refractivity contribution in [3.8, 4) is 5.75 Å². The van der Waals surface area contributed by atoms with Crippen LogP contribution in [-0.4, -0.2) is 12.9 Å². The Bertz CT molecular complexity index is 663. The molecule has 0 aliphatic carbocycles. The van der Waals surface area contributed by atoms with Gasteiger partial charge in [-0.15, -0.1) is 0 Å². The van der Waals surface area contributed by atoms with E-state index in [0.717, 1.165) is 5.56 Å². The minimum absolute atomic E-state index is 0.205. The van der Waals surface area contributed by atoms with E-state index < -0.39 is 0 Å². The van der Waals surface area contributed by atoms with Crippen LogP contribution in [0.1, 0.15) is 15.9 Å². The molecule has 0 aliphatic rings. The lowest BCUT2D eigenvalue weighted by atomic mass is 10.1. The zero-order valence-corrected chi connectivity index (χ0v) is 12.3. The molecule has 0 aromatic heterocycles. The fraction of sp³-hybridized carbons (Fsp3) is 0.0625. The molecule has 2 aromatic rings. The molecule has 2 nitrogen and oxygen atoms in total. The van der Waals surface area contributed by atoms with E-state index in [4.69, 9.17) is 27.9 Å². The van der Waals surface area contributed by atoms with Crippen LogP contribution in [0.15, 0.2) is 48.5 Å². The van der Waals surface area contributed by atoms with E-state index in [1.54, 1.807) is 31.4 Å². The normalized spacial score (nSPS) is 10.8. The molecule has 0 radical (unpaired) electrons. The second-order valence-corrected chi connectivity index (χ2v) is 4.91. The lowest BCUT2D eigenvalue weighted by Gasteiger charge is -2.04. The quantitative estimate of drug-likeness (QED) is 0.593. The molecule has 0 aliphatic heterocycles. The summed E-state index contributed by atoms with van der Waals surface area (Å²) >= 11 is 11.9. The summed E-state index contributed by atoms with van der Waals surface area (Å²) in [6.45, 7) is 0. The summed E-state index contributed by atoms with van der Waals surface area (Å²) in [4.78, 5) is 12.1. The van der Waals surface area contributed by atoms with Gasteiger partial charge in [0.1, 0.15) is 5.75 Å². The molecule has 0 saturated carbocycles. The number of halogens is 2. The highest BCUT2D eigenvalue weighted by Gasteiger charge is 2.08. The monoisotopic (exact) mass is 306 g/mol. The maximum atomic E-state index is 12.1. The van der Waals surface area contributed by atoms with Gasteiger partial charge in [-0.25, -0.2) is 0 Å². The van der Waals surface area contributed by atoms with Gasteiger partial charge in [-0.2, -0.15) is 0 Å². The Kier molecular flexibility index (Phi) is 4.83. The van der Waals surface area contributed by atoms with Crippen molar-refractivity contribution in [1.29, 1.82) is 0 Å². The predicted molar refractivity (Wildman–Crippen MR) is 82.8 cm³/mol. The summed E-state index contributed by atoms with van der Waals surface area (Å²) in [7, 11) is 1.59. The summed E-state index contributed by atoms with van der Waals surface area (Å²) in [6.07, 6.45) is 3.15. The first-order valence-electron chi connectivity index (χ1n) is 5.92. The summed E-state index contributed by atoms with van der Waals surface area (Å²) in [6, 6.07) is 12.2. The number of allylic oxidation sites excluding steroid dienone is 1. The van der Waals surface area contributed by atoms with Crippen molar-refractivity contribution in [3.63, 3.8) is 0 Å². The van der Waals surface area contributed by atoms with Crippen LogP contribution in [0.5, 0.6) is 5.75 Å². The third kappa shape index (κ3) is 3.41. The molecule has 0 spiro atoms. The van der Waals surface area contributed by atoms with Gasteiger partial charge >= 0.3 is 0 Å². The summed E-state index contributed by atoms with van der Waals surface area (Å²) < 4.78 is 5.22. The second kappa shape index (κ2) is 6.60. The number of para-hydroxylation sites is 1. The fourth-order valence-electron chi connectivity index (χ4n) is 1.75. The van der Waals surface area contributed by atoms with E-state index in [1.807, 2.05) is 24.3 Å². The van der Waals surface area contributed by atoms with Crippen LogP contribution in [0.3, 0.4) is 0 Å². The molecule has 0 heterocycles. The predicted octanol–water partition coefficient (Wildman–Crippen LogP) is 4.90. The van der Waals surface area contributed by atoms with E-state index in [1.165, 1.54) is 6.08 Å². The van der Waals surface area contributed by atoms with Crippen molar-refractivity contribution in [2.75, 3.05) is 7.11 Å². The zero-order valence-electron chi connectivity index (χ0n) is 10.8. The first kappa shape index (κ1) is 14.6. The summed E-state index contributed by atoms with van der Waals surface area (Å²) in [5.41, 5.74) is 1.20. The Hall–Kier alpha value is -1.77. The first-order valence-corrected chi connectivity index (χ1v) is 6.68.